The lowest BCUT2D eigenvalue weighted by molar-refractivity contribution is -0.125. The lowest BCUT2D eigenvalue weighted by Crippen LogP contribution is -2.33. The van der Waals surface area contributed by atoms with Crippen LogP contribution in [0.3, 0.4) is 0 Å². The molecule has 2 N–H and O–H groups in total. The van der Waals surface area contributed by atoms with Crippen molar-refractivity contribution in [2.75, 3.05) is 11.9 Å². The van der Waals surface area contributed by atoms with Crippen LogP contribution in [-0.2, 0) is 9.59 Å². The molecule has 1 rings (SSSR count). The molecule has 0 bridgehead atoms. The summed E-state index contributed by atoms with van der Waals surface area (Å²) in [6.07, 6.45) is 0.850. The Bertz CT molecular complexity index is 412. The summed E-state index contributed by atoms with van der Waals surface area (Å²) in [6, 6.07) is 6.70. The van der Waals surface area contributed by atoms with Crippen LogP contribution >= 0.6 is 0 Å². The zero-order valence-electron chi connectivity index (χ0n) is 10.5. The van der Waals surface area contributed by atoms with Crippen LogP contribution in [0.15, 0.2) is 24.3 Å². The van der Waals surface area contributed by atoms with Gasteiger partial charge < -0.3 is 20.0 Å². The van der Waals surface area contributed by atoms with Crippen LogP contribution in [0.4, 0.5) is 5.69 Å². The topological polar surface area (TPSA) is 75.6 Å². The van der Waals surface area contributed by atoms with Crippen molar-refractivity contribution in [3.63, 3.8) is 0 Å². The van der Waals surface area contributed by atoms with Crippen molar-refractivity contribution in [3.8, 4) is 5.75 Å². The van der Waals surface area contributed by atoms with Gasteiger partial charge in [-0.2, -0.15) is 0 Å². The second-order valence-electron chi connectivity index (χ2n) is 4.19. The molecule has 1 aromatic rings. The number of rotatable bonds is 6. The monoisotopic (exact) mass is 251 g/mol. The maximum absolute atomic E-state index is 11.1. The second-order valence-corrected chi connectivity index (χ2v) is 4.19. The zero-order valence-corrected chi connectivity index (χ0v) is 10.5. The van der Waals surface area contributed by atoms with Gasteiger partial charge in [-0.3, -0.25) is 4.79 Å². The first-order valence-corrected chi connectivity index (χ1v) is 5.68. The first-order chi connectivity index (χ1) is 8.46. The molecule has 0 aliphatic rings. The second kappa shape index (κ2) is 6.16. The summed E-state index contributed by atoms with van der Waals surface area (Å²) in [5.74, 6) is 0.458. The van der Waals surface area contributed by atoms with E-state index in [0.29, 0.717) is 24.1 Å². The molecule has 0 saturated carbocycles. The Labute approximate surface area is 106 Å². The number of carbonyl (C=O) groups excluding carboxylic acids is 2. The molecule has 1 atom stereocenters. The van der Waals surface area contributed by atoms with Crippen molar-refractivity contribution in [3.05, 3.63) is 24.3 Å². The molecular formula is C13H17NO4. The van der Waals surface area contributed by atoms with Crippen LogP contribution in [0.2, 0.25) is 0 Å². The average molecular weight is 251 g/mol. The maximum Gasteiger partial charge on any atom is 0.224 e. The third-order valence-corrected chi connectivity index (χ3v) is 2.24. The van der Waals surface area contributed by atoms with Crippen LogP contribution < -0.4 is 10.1 Å². The fraction of sp³-hybridized carbons (Fsp3) is 0.385. The molecule has 0 aliphatic carbocycles. The highest BCUT2D eigenvalue weighted by Gasteiger charge is 2.19. The quantitative estimate of drug-likeness (QED) is 0.749. The summed E-state index contributed by atoms with van der Waals surface area (Å²) >= 11 is 0. The number of anilines is 1. The fourth-order valence-corrected chi connectivity index (χ4v) is 1.15. The predicted molar refractivity (Wildman–Crippen MR) is 67.5 cm³/mol. The lowest BCUT2D eigenvalue weighted by Gasteiger charge is -2.16. The van der Waals surface area contributed by atoms with Gasteiger partial charge in [0.15, 0.2) is 11.9 Å². The van der Waals surface area contributed by atoms with Gasteiger partial charge in [0.1, 0.15) is 12.4 Å². The van der Waals surface area contributed by atoms with E-state index in [0.717, 1.165) is 0 Å². The average Bonchev–Trinajstić information content (AvgIpc) is 2.38. The maximum atomic E-state index is 11.1. The first kappa shape index (κ1) is 14.2. The molecule has 0 saturated heterocycles. The highest BCUT2D eigenvalue weighted by atomic mass is 16.5. The van der Waals surface area contributed by atoms with E-state index in [1.165, 1.54) is 6.92 Å². The molecule has 5 nitrogen and oxygen atoms in total. The Hall–Kier alpha value is -1.88. The van der Waals surface area contributed by atoms with Gasteiger partial charge in [-0.25, -0.2) is 0 Å². The zero-order chi connectivity index (χ0) is 13.6. The summed E-state index contributed by atoms with van der Waals surface area (Å²) in [6.45, 7) is 3.03. The molecule has 98 valence electrons. The van der Waals surface area contributed by atoms with E-state index in [2.05, 4.69) is 5.32 Å². The SMILES string of the molecule is CCC(=O)Nc1ccc(OC[C@](C)(O)C=O)cc1. The molecule has 1 amide bonds. The number of aliphatic hydroxyl groups is 1. The fourth-order valence-electron chi connectivity index (χ4n) is 1.15. The minimum atomic E-state index is -1.49. The van der Waals surface area contributed by atoms with Gasteiger partial charge in [-0.1, -0.05) is 6.92 Å². The van der Waals surface area contributed by atoms with Crippen LogP contribution in [-0.4, -0.2) is 29.5 Å². The summed E-state index contributed by atoms with van der Waals surface area (Å²) in [5, 5.41) is 12.1. The number of aldehydes is 1. The molecule has 0 heterocycles. The number of ether oxygens (including phenoxy) is 1. The van der Waals surface area contributed by atoms with E-state index in [4.69, 9.17) is 4.74 Å². The molecule has 0 radical (unpaired) electrons. The van der Waals surface area contributed by atoms with Crippen LogP contribution in [0.25, 0.3) is 0 Å². The Morgan fingerprint density at radius 2 is 2.06 bits per heavy atom. The van der Waals surface area contributed by atoms with E-state index >= 15 is 0 Å². The summed E-state index contributed by atoms with van der Waals surface area (Å²) in [5.41, 5.74) is -0.814. The highest BCUT2D eigenvalue weighted by molar-refractivity contribution is 5.90. The summed E-state index contributed by atoms with van der Waals surface area (Å²) in [4.78, 5) is 21.6. The Kier molecular flexibility index (Phi) is 4.85. The van der Waals surface area contributed by atoms with E-state index in [9.17, 15) is 14.7 Å². The van der Waals surface area contributed by atoms with E-state index < -0.39 is 5.60 Å². The smallest absolute Gasteiger partial charge is 0.224 e. The van der Waals surface area contributed by atoms with Crippen molar-refractivity contribution in [1.29, 1.82) is 0 Å². The van der Waals surface area contributed by atoms with Crippen molar-refractivity contribution in [2.24, 2.45) is 0 Å². The number of benzene rings is 1. The minimum absolute atomic E-state index is 0.0624. The number of nitrogens with one attached hydrogen (secondary N) is 1. The molecule has 1 aromatic carbocycles. The molecule has 0 aliphatic heterocycles. The van der Waals surface area contributed by atoms with Crippen molar-refractivity contribution >= 4 is 17.9 Å². The summed E-state index contributed by atoms with van der Waals surface area (Å²) < 4.78 is 5.25. The van der Waals surface area contributed by atoms with E-state index in [1.54, 1.807) is 31.2 Å². The van der Waals surface area contributed by atoms with Gasteiger partial charge in [0.25, 0.3) is 0 Å². The van der Waals surface area contributed by atoms with Gasteiger partial charge in [0, 0.05) is 12.1 Å². The van der Waals surface area contributed by atoms with Crippen molar-refractivity contribution in [1.82, 2.24) is 0 Å². The van der Waals surface area contributed by atoms with Crippen molar-refractivity contribution < 1.29 is 19.4 Å². The van der Waals surface area contributed by atoms with Crippen LogP contribution in [0, 0.1) is 0 Å². The normalized spacial score (nSPS) is 13.5. The van der Waals surface area contributed by atoms with E-state index in [1.807, 2.05) is 0 Å². The van der Waals surface area contributed by atoms with E-state index in [-0.39, 0.29) is 12.5 Å². The molecule has 0 aromatic heterocycles. The van der Waals surface area contributed by atoms with Gasteiger partial charge >= 0.3 is 0 Å². The number of hydrogen-bond acceptors (Lipinski definition) is 4. The van der Waals surface area contributed by atoms with Crippen molar-refractivity contribution in [2.45, 2.75) is 25.9 Å². The minimum Gasteiger partial charge on any atom is -0.490 e. The molecule has 0 fully saturated rings. The standard InChI is InChI=1S/C13H17NO4/c1-3-12(16)14-10-4-6-11(7-5-10)18-9-13(2,17)8-15/h4-8,17H,3,9H2,1-2H3,(H,14,16)/t13-/m1/s1. The molecule has 0 unspecified atom stereocenters. The Morgan fingerprint density at radius 3 is 2.56 bits per heavy atom. The summed E-state index contributed by atoms with van der Waals surface area (Å²) in [7, 11) is 0. The number of hydrogen-bond donors (Lipinski definition) is 2. The predicted octanol–water partition coefficient (Wildman–Crippen LogP) is 1.36. The largest absolute Gasteiger partial charge is 0.490 e. The third kappa shape index (κ3) is 4.55. The van der Waals surface area contributed by atoms with Gasteiger partial charge in [0.05, 0.1) is 0 Å². The number of amides is 1. The van der Waals surface area contributed by atoms with Gasteiger partial charge in [-0.05, 0) is 31.2 Å². The third-order valence-electron chi connectivity index (χ3n) is 2.24. The Morgan fingerprint density at radius 1 is 1.44 bits per heavy atom. The number of carbonyl (C=O) groups is 2. The molecular weight excluding hydrogens is 234 g/mol. The van der Waals surface area contributed by atoms with Gasteiger partial charge in [-0.15, -0.1) is 0 Å². The molecule has 0 spiro atoms. The highest BCUT2D eigenvalue weighted by Crippen LogP contribution is 2.17. The van der Waals surface area contributed by atoms with Crippen LogP contribution in [0.1, 0.15) is 20.3 Å². The van der Waals surface area contributed by atoms with Gasteiger partial charge in [0.2, 0.25) is 5.91 Å². The first-order valence-electron chi connectivity index (χ1n) is 5.68. The van der Waals surface area contributed by atoms with Crippen LogP contribution in [0.5, 0.6) is 5.75 Å². The molecule has 18 heavy (non-hydrogen) atoms. The molecule has 5 heteroatoms. The Balaban J connectivity index is 2.55. The lowest BCUT2D eigenvalue weighted by atomic mass is 10.1.